The Hall–Kier alpha value is -1.52. The molecule has 0 amide bonds. The first-order valence-corrected chi connectivity index (χ1v) is 8.34. The normalized spacial score (nSPS) is 20.9. The number of rotatable bonds is 4. The molecule has 0 radical (unpaired) electrons. The van der Waals surface area contributed by atoms with Gasteiger partial charge in [-0.2, -0.15) is 0 Å². The van der Waals surface area contributed by atoms with Gasteiger partial charge in [0.05, 0.1) is 24.2 Å². The lowest BCUT2D eigenvalue weighted by Crippen LogP contribution is -2.64. The van der Waals surface area contributed by atoms with Gasteiger partial charge in [-0.25, -0.2) is 0 Å². The highest BCUT2D eigenvalue weighted by Gasteiger charge is 2.54. The summed E-state index contributed by atoms with van der Waals surface area (Å²) in [5, 5.41) is 1.01. The average molecular weight is 353 g/mol. The summed E-state index contributed by atoms with van der Waals surface area (Å²) < 4.78 is 3.89. The molecular formula is C17H18Cl2N2O2. The second kappa shape index (κ2) is 6.17. The van der Waals surface area contributed by atoms with E-state index in [2.05, 4.69) is 4.98 Å². The Labute approximate surface area is 145 Å². The fourth-order valence-electron chi connectivity index (χ4n) is 3.28. The molecule has 0 saturated carbocycles. The van der Waals surface area contributed by atoms with Gasteiger partial charge in [0.25, 0.3) is 0 Å². The van der Waals surface area contributed by atoms with Gasteiger partial charge in [0.15, 0.2) is 4.46 Å². The van der Waals surface area contributed by atoms with Crippen molar-refractivity contribution in [1.29, 1.82) is 0 Å². The standard InChI is InChI=1S/C17H18Cl2N2O2/c1-3-12(16(22)23-2)14-10-17(18,19)21(14)13-8-4-6-11-7-5-9-20-15(11)13/h4-9,12,14H,3,10H2,1-2H3. The van der Waals surface area contributed by atoms with Gasteiger partial charge in [-0.3, -0.25) is 9.78 Å². The predicted octanol–water partition coefficient (Wildman–Crippen LogP) is 4.14. The van der Waals surface area contributed by atoms with Gasteiger partial charge in [-0.1, -0.05) is 48.3 Å². The van der Waals surface area contributed by atoms with E-state index in [0.717, 1.165) is 16.6 Å². The number of benzene rings is 1. The molecule has 4 nitrogen and oxygen atoms in total. The summed E-state index contributed by atoms with van der Waals surface area (Å²) in [4.78, 5) is 18.4. The van der Waals surface area contributed by atoms with Gasteiger partial charge in [0.2, 0.25) is 0 Å². The Morgan fingerprint density at radius 3 is 2.83 bits per heavy atom. The van der Waals surface area contributed by atoms with E-state index in [0.29, 0.717) is 12.8 Å². The second-order valence-corrected chi connectivity index (χ2v) is 7.14. The summed E-state index contributed by atoms with van der Waals surface area (Å²) in [6.07, 6.45) is 2.91. The van der Waals surface area contributed by atoms with Gasteiger partial charge in [-0.15, -0.1) is 0 Å². The van der Waals surface area contributed by atoms with Crippen LogP contribution in [0, 0.1) is 5.92 Å². The van der Waals surface area contributed by atoms with Crippen LogP contribution < -0.4 is 4.90 Å². The summed E-state index contributed by atoms with van der Waals surface area (Å²) in [6, 6.07) is 9.64. The third-order valence-corrected chi connectivity index (χ3v) is 5.09. The molecule has 2 heterocycles. The van der Waals surface area contributed by atoms with Gasteiger partial charge in [0, 0.05) is 24.0 Å². The molecule has 6 heteroatoms. The number of halogens is 2. The molecule has 1 saturated heterocycles. The van der Waals surface area contributed by atoms with Gasteiger partial charge < -0.3 is 9.64 Å². The lowest BCUT2D eigenvalue weighted by atomic mass is 9.86. The molecule has 0 bridgehead atoms. The van der Waals surface area contributed by atoms with Gasteiger partial charge in [0.1, 0.15) is 0 Å². The molecule has 1 aliphatic heterocycles. The maximum absolute atomic E-state index is 12.1. The number of carbonyl (C=O) groups excluding carboxylic acids is 1. The van der Waals surface area contributed by atoms with Crippen molar-refractivity contribution >= 4 is 45.8 Å². The molecule has 0 aliphatic carbocycles. The maximum Gasteiger partial charge on any atom is 0.310 e. The monoisotopic (exact) mass is 352 g/mol. The number of nitrogens with zero attached hydrogens (tertiary/aromatic N) is 2. The fraction of sp³-hybridized carbons (Fsp3) is 0.412. The zero-order chi connectivity index (χ0) is 16.6. The Morgan fingerprint density at radius 1 is 1.43 bits per heavy atom. The van der Waals surface area contributed by atoms with Crippen molar-refractivity contribution in [3.63, 3.8) is 0 Å². The van der Waals surface area contributed by atoms with Crippen molar-refractivity contribution in [1.82, 2.24) is 4.98 Å². The summed E-state index contributed by atoms with van der Waals surface area (Å²) >= 11 is 12.9. The second-order valence-electron chi connectivity index (χ2n) is 5.70. The number of carbonyl (C=O) groups is 1. The lowest BCUT2D eigenvalue weighted by Gasteiger charge is -2.54. The van der Waals surface area contributed by atoms with E-state index >= 15 is 0 Å². The number of para-hydroxylation sites is 1. The van der Waals surface area contributed by atoms with E-state index in [4.69, 9.17) is 27.9 Å². The van der Waals surface area contributed by atoms with E-state index in [1.54, 1.807) is 6.20 Å². The third-order valence-electron chi connectivity index (χ3n) is 4.42. The first-order valence-electron chi connectivity index (χ1n) is 7.58. The van der Waals surface area contributed by atoms with E-state index in [1.807, 2.05) is 42.2 Å². The van der Waals surface area contributed by atoms with Crippen LogP contribution in [0.4, 0.5) is 5.69 Å². The van der Waals surface area contributed by atoms with Crippen LogP contribution in [0.15, 0.2) is 36.5 Å². The lowest BCUT2D eigenvalue weighted by molar-refractivity contribution is -0.147. The van der Waals surface area contributed by atoms with Crippen LogP contribution in [0.3, 0.4) is 0 Å². The van der Waals surface area contributed by atoms with Crippen LogP contribution in [0.1, 0.15) is 19.8 Å². The zero-order valence-corrected chi connectivity index (χ0v) is 14.5. The summed E-state index contributed by atoms with van der Waals surface area (Å²) in [7, 11) is 1.40. The number of anilines is 1. The highest BCUT2D eigenvalue weighted by atomic mass is 35.5. The Balaban J connectivity index is 2.05. The molecule has 1 aromatic carbocycles. The van der Waals surface area contributed by atoms with Crippen molar-refractivity contribution in [3.05, 3.63) is 36.5 Å². The summed E-state index contributed by atoms with van der Waals surface area (Å²) in [5.74, 6) is -0.510. The van der Waals surface area contributed by atoms with Crippen LogP contribution in [0.5, 0.6) is 0 Å². The molecule has 1 aliphatic rings. The summed E-state index contributed by atoms with van der Waals surface area (Å²) in [5.41, 5.74) is 1.66. The minimum absolute atomic E-state index is 0.102. The number of alkyl halides is 2. The van der Waals surface area contributed by atoms with Crippen molar-refractivity contribution in [2.45, 2.75) is 30.3 Å². The van der Waals surface area contributed by atoms with E-state index in [-0.39, 0.29) is 17.9 Å². The minimum atomic E-state index is -1.04. The number of esters is 1. The maximum atomic E-state index is 12.1. The molecular weight excluding hydrogens is 335 g/mol. The smallest absolute Gasteiger partial charge is 0.310 e. The first kappa shape index (κ1) is 16.3. The fourth-order valence-corrected chi connectivity index (χ4v) is 4.03. The zero-order valence-electron chi connectivity index (χ0n) is 13.0. The highest BCUT2D eigenvalue weighted by molar-refractivity contribution is 6.50. The van der Waals surface area contributed by atoms with E-state index < -0.39 is 4.46 Å². The van der Waals surface area contributed by atoms with Gasteiger partial charge >= 0.3 is 5.97 Å². The SMILES string of the molecule is CCC(C(=O)OC)C1CC(Cl)(Cl)N1c1cccc2cccnc12. The number of ether oxygens (including phenoxy) is 1. The number of hydrogen-bond donors (Lipinski definition) is 0. The third kappa shape index (κ3) is 2.74. The van der Waals surface area contributed by atoms with Gasteiger partial charge in [-0.05, 0) is 18.6 Å². The first-order chi connectivity index (χ1) is 11.0. The Kier molecular flexibility index (Phi) is 4.39. The number of fused-ring (bicyclic) bond motifs is 1. The van der Waals surface area contributed by atoms with Crippen LogP contribution in [0.2, 0.25) is 0 Å². The van der Waals surface area contributed by atoms with E-state index in [9.17, 15) is 4.79 Å². The quantitative estimate of drug-likeness (QED) is 0.471. The highest BCUT2D eigenvalue weighted by Crippen LogP contribution is 2.51. The largest absolute Gasteiger partial charge is 0.469 e. The molecule has 2 unspecified atom stereocenters. The number of methoxy groups -OCH3 is 1. The average Bonchev–Trinajstić information content (AvgIpc) is 2.54. The Morgan fingerprint density at radius 2 is 2.17 bits per heavy atom. The van der Waals surface area contributed by atoms with Crippen molar-refractivity contribution in [2.24, 2.45) is 5.92 Å². The van der Waals surface area contributed by atoms with Crippen LogP contribution >= 0.6 is 23.2 Å². The molecule has 0 N–H and O–H groups in total. The molecule has 0 spiro atoms. The summed E-state index contributed by atoms with van der Waals surface area (Å²) in [6.45, 7) is 1.96. The molecule has 23 heavy (non-hydrogen) atoms. The molecule has 3 rings (SSSR count). The number of hydrogen-bond acceptors (Lipinski definition) is 4. The molecule has 2 aromatic rings. The number of pyridine rings is 1. The molecule has 122 valence electrons. The van der Waals surface area contributed by atoms with Crippen molar-refractivity contribution in [2.75, 3.05) is 12.0 Å². The topological polar surface area (TPSA) is 42.4 Å². The molecule has 2 atom stereocenters. The molecule has 1 aromatic heterocycles. The van der Waals surface area contributed by atoms with Crippen LogP contribution in [-0.4, -0.2) is 28.6 Å². The van der Waals surface area contributed by atoms with Crippen molar-refractivity contribution in [3.8, 4) is 0 Å². The van der Waals surface area contributed by atoms with Crippen LogP contribution in [0.25, 0.3) is 10.9 Å². The number of aromatic nitrogens is 1. The predicted molar refractivity (Wildman–Crippen MR) is 92.9 cm³/mol. The minimum Gasteiger partial charge on any atom is -0.469 e. The van der Waals surface area contributed by atoms with Crippen molar-refractivity contribution < 1.29 is 9.53 Å². The van der Waals surface area contributed by atoms with Crippen LogP contribution in [-0.2, 0) is 9.53 Å². The Bertz CT molecular complexity index is 730. The molecule has 1 fully saturated rings. The van der Waals surface area contributed by atoms with E-state index in [1.165, 1.54) is 7.11 Å².